The van der Waals surface area contributed by atoms with Gasteiger partial charge >= 0.3 is 0 Å². The molecule has 4 heterocycles. The second-order valence-electron chi connectivity index (χ2n) is 12.3. The number of likely N-dealkylation sites (tertiary alicyclic amines) is 1. The number of anilines is 1. The molecule has 2 aliphatic heterocycles. The van der Waals surface area contributed by atoms with E-state index in [4.69, 9.17) is 9.15 Å². The number of fused-ring (bicyclic) bond motifs is 1. The molecular formula is C34H48N4O4. The third-order valence-electron chi connectivity index (χ3n) is 9.37. The Hall–Kier alpha value is -3.10. The van der Waals surface area contributed by atoms with Gasteiger partial charge in [-0.15, -0.1) is 0 Å². The van der Waals surface area contributed by atoms with Crippen molar-refractivity contribution in [1.29, 1.82) is 0 Å². The van der Waals surface area contributed by atoms with Gasteiger partial charge in [-0.2, -0.15) is 0 Å². The number of pyridine rings is 1. The molecule has 1 amide bonds. The number of rotatable bonds is 9. The summed E-state index contributed by atoms with van der Waals surface area (Å²) in [5.74, 6) is 1.15. The Balaban J connectivity index is 1.56. The van der Waals surface area contributed by atoms with E-state index in [-0.39, 0.29) is 18.0 Å². The Morgan fingerprint density at radius 3 is 2.40 bits per heavy atom. The third kappa shape index (κ3) is 6.16. The van der Waals surface area contributed by atoms with Gasteiger partial charge in [0, 0.05) is 72.7 Å². The largest absolute Gasteiger partial charge is 0.461 e. The monoisotopic (exact) mass is 576 g/mol. The standard InChI is InChI=1S/C34H48N4O4/c1-7-26-29(38(8-2)25-11-15-41-16-12-25)19-31-27(18-30(42-31)24-9-13-37(14-10-24)21(3)4)32(26)34(40)35-20-28-22(5)17-23(6)36-33(28)39/h17-19,21,24-25H,7-16,20H2,1-6H3,(H,35,40)(H,36,39). The first-order valence-electron chi connectivity index (χ1n) is 15.9. The molecule has 0 saturated carbocycles. The number of aromatic amines is 1. The number of piperidine rings is 1. The Labute approximate surface area is 249 Å². The number of nitrogens with one attached hydrogen (secondary N) is 2. The zero-order chi connectivity index (χ0) is 30.0. The number of nitrogens with zero attached hydrogens (tertiary/aromatic N) is 2. The third-order valence-corrected chi connectivity index (χ3v) is 9.37. The van der Waals surface area contributed by atoms with Gasteiger partial charge in [-0.1, -0.05) is 6.92 Å². The van der Waals surface area contributed by atoms with Crippen LogP contribution in [0.3, 0.4) is 0 Å². The topological polar surface area (TPSA) is 90.8 Å². The molecule has 0 radical (unpaired) electrons. The molecule has 1 aromatic carbocycles. The molecule has 5 rings (SSSR count). The van der Waals surface area contributed by atoms with E-state index >= 15 is 0 Å². The summed E-state index contributed by atoms with van der Waals surface area (Å²) in [4.78, 5) is 34.7. The molecule has 2 fully saturated rings. The quantitative estimate of drug-likeness (QED) is 0.334. The number of furan rings is 1. The van der Waals surface area contributed by atoms with Crippen molar-refractivity contribution in [2.24, 2.45) is 0 Å². The number of H-pyrrole nitrogens is 1. The van der Waals surface area contributed by atoms with Crippen molar-refractivity contribution in [3.8, 4) is 0 Å². The maximum absolute atomic E-state index is 14.1. The van der Waals surface area contributed by atoms with Crippen molar-refractivity contribution < 1.29 is 13.9 Å². The Bertz CT molecular complexity index is 1460. The lowest BCUT2D eigenvalue weighted by molar-refractivity contribution is 0.0845. The van der Waals surface area contributed by atoms with Crippen LogP contribution in [0.5, 0.6) is 0 Å². The first kappa shape index (κ1) is 30.4. The van der Waals surface area contributed by atoms with Gasteiger partial charge in [-0.3, -0.25) is 9.59 Å². The van der Waals surface area contributed by atoms with Gasteiger partial charge in [0.05, 0.1) is 5.56 Å². The van der Waals surface area contributed by atoms with Crippen molar-refractivity contribution in [1.82, 2.24) is 15.2 Å². The van der Waals surface area contributed by atoms with Crippen molar-refractivity contribution >= 4 is 22.6 Å². The average molecular weight is 577 g/mol. The molecule has 2 N–H and O–H groups in total. The fourth-order valence-corrected chi connectivity index (χ4v) is 6.98. The highest BCUT2D eigenvalue weighted by molar-refractivity contribution is 6.09. The lowest BCUT2D eigenvalue weighted by Crippen LogP contribution is -2.40. The summed E-state index contributed by atoms with van der Waals surface area (Å²) < 4.78 is 12.3. The highest BCUT2D eigenvalue weighted by atomic mass is 16.5. The molecule has 42 heavy (non-hydrogen) atoms. The highest BCUT2D eigenvalue weighted by Gasteiger charge is 2.30. The van der Waals surface area contributed by atoms with Crippen LogP contribution in [-0.2, 0) is 17.7 Å². The summed E-state index contributed by atoms with van der Waals surface area (Å²) in [7, 11) is 0. The molecule has 2 aromatic heterocycles. The van der Waals surface area contributed by atoms with E-state index in [9.17, 15) is 9.59 Å². The Morgan fingerprint density at radius 2 is 1.79 bits per heavy atom. The molecule has 8 nitrogen and oxygen atoms in total. The van der Waals surface area contributed by atoms with Gasteiger partial charge in [0.2, 0.25) is 0 Å². The molecule has 228 valence electrons. The van der Waals surface area contributed by atoms with Crippen LogP contribution in [0.4, 0.5) is 5.69 Å². The van der Waals surface area contributed by atoms with Gasteiger partial charge < -0.3 is 29.3 Å². The minimum atomic E-state index is -0.164. The minimum Gasteiger partial charge on any atom is -0.461 e. The van der Waals surface area contributed by atoms with Gasteiger partial charge in [0.1, 0.15) is 11.3 Å². The Morgan fingerprint density at radius 1 is 1.07 bits per heavy atom. The van der Waals surface area contributed by atoms with Crippen LogP contribution >= 0.6 is 0 Å². The predicted octanol–water partition coefficient (Wildman–Crippen LogP) is 5.82. The SMILES string of the molecule is CCc1c(N(CC)C2CCOCC2)cc2oc(C3CCN(C(C)C)CC3)cc2c1C(=O)NCc1c(C)cc(C)[nH]c1=O. The first-order chi connectivity index (χ1) is 20.2. The van der Waals surface area contributed by atoms with E-state index in [2.05, 4.69) is 59.9 Å². The zero-order valence-electron chi connectivity index (χ0n) is 26.3. The highest BCUT2D eigenvalue weighted by Crippen LogP contribution is 2.39. The molecule has 0 aliphatic carbocycles. The number of aromatic nitrogens is 1. The van der Waals surface area contributed by atoms with Crippen LogP contribution in [-0.4, -0.2) is 60.7 Å². The fraction of sp³-hybridized carbons (Fsp3) is 0.588. The second kappa shape index (κ2) is 13.0. The molecule has 3 aromatic rings. The number of benzene rings is 1. The van der Waals surface area contributed by atoms with E-state index in [0.717, 1.165) is 97.8 Å². The molecule has 0 unspecified atom stereocenters. The summed E-state index contributed by atoms with van der Waals surface area (Å²) in [6.45, 7) is 17.2. The number of amides is 1. The molecule has 0 atom stereocenters. The van der Waals surface area contributed by atoms with E-state index in [1.807, 2.05) is 19.9 Å². The van der Waals surface area contributed by atoms with Crippen molar-refractivity contribution in [3.05, 3.63) is 62.3 Å². The normalized spacial score (nSPS) is 17.3. The molecule has 0 spiro atoms. The van der Waals surface area contributed by atoms with E-state index in [1.165, 1.54) is 0 Å². The smallest absolute Gasteiger partial charge is 0.253 e. The predicted molar refractivity (Wildman–Crippen MR) is 169 cm³/mol. The number of ether oxygens (including phenoxy) is 1. The van der Waals surface area contributed by atoms with Gasteiger partial charge in [0.15, 0.2) is 0 Å². The first-order valence-corrected chi connectivity index (χ1v) is 15.9. The summed E-state index contributed by atoms with van der Waals surface area (Å²) in [5, 5.41) is 3.98. The molecule has 8 heteroatoms. The number of aryl methyl sites for hydroxylation is 2. The van der Waals surface area contributed by atoms with Crippen LogP contribution in [0.2, 0.25) is 0 Å². The fourth-order valence-electron chi connectivity index (χ4n) is 6.98. The van der Waals surface area contributed by atoms with E-state index in [0.29, 0.717) is 35.5 Å². The van der Waals surface area contributed by atoms with Crippen LogP contribution in [0.25, 0.3) is 11.0 Å². The van der Waals surface area contributed by atoms with Crippen molar-refractivity contribution in [2.75, 3.05) is 37.7 Å². The zero-order valence-corrected chi connectivity index (χ0v) is 26.3. The maximum atomic E-state index is 14.1. The average Bonchev–Trinajstić information content (AvgIpc) is 3.40. The van der Waals surface area contributed by atoms with Crippen molar-refractivity contribution in [2.45, 2.75) is 98.2 Å². The van der Waals surface area contributed by atoms with Crippen molar-refractivity contribution in [3.63, 3.8) is 0 Å². The lowest BCUT2D eigenvalue weighted by Gasteiger charge is -2.37. The van der Waals surface area contributed by atoms with Gasteiger partial charge in [-0.25, -0.2) is 0 Å². The summed E-state index contributed by atoms with van der Waals surface area (Å²) >= 11 is 0. The van der Waals surface area contributed by atoms with Gasteiger partial charge in [0.25, 0.3) is 11.5 Å². The minimum absolute atomic E-state index is 0.155. The van der Waals surface area contributed by atoms with Crippen LogP contribution < -0.4 is 15.8 Å². The number of carbonyl (C=O) groups excluding carboxylic acids is 1. The molecule has 2 saturated heterocycles. The number of hydrogen-bond donors (Lipinski definition) is 2. The van der Waals surface area contributed by atoms with Crippen LogP contribution in [0, 0.1) is 13.8 Å². The summed E-state index contributed by atoms with van der Waals surface area (Å²) in [6.07, 6.45) is 4.73. The van der Waals surface area contributed by atoms with E-state index in [1.54, 1.807) is 0 Å². The van der Waals surface area contributed by atoms with Crippen LogP contribution in [0.1, 0.15) is 97.8 Å². The molecule has 0 bridgehead atoms. The van der Waals surface area contributed by atoms with Crippen LogP contribution in [0.15, 0.2) is 27.4 Å². The lowest BCUT2D eigenvalue weighted by atomic mass is 9.92. The number of carbonyl (C=O) groups is 1. The van der Waals surface area contributed by atoms with Gasteiger partial charge in [-0.05, 0) is 103 Å². The van der Waals surface area contributed by atoms with E-state index < -0.39 is 0 Å². The maximum Gasteiger partial charge on any atom is 0.253 e. The summed E-state index contributed by atoms with van der Waals surface area (Å²) in [5.41, 5.74) is 5.66. The Kier molecular flexibility index (Phi) is 9.43. The second-order valence-corrected chi connectivity index (χ2v) is 12.3. The molecule has 2 aliphatic rings. The number of hydrogen-bond acceptors (Lipinski definition) is 6. The molecular weight excluding hydrogens is 528 g/mol. The summed E-state index contributed by atoms with van der Waals surface area (Å²) in [6, 6.07) is 7.13.